The number of alkyl halides is 3. The van der Waals surface area contributed by atoms with Crippen LogP contribution in [-0.2, 0) is 20.4 Å². The fourth-order valence-corrected chi connectivity index (χ4v) is 4.22. The number of aromatic amines is 1. The number of halogens is 4. The van der Waals surface area contributed by atoms with Crippen molar-refractivity contribution in [2.75, 3.05) is 18.0 Å². The first-order valence-electron chi connectivity index (χ1n) is 11.6. The maximum atomic E-state index is 13.5. The minimum absolute atomic E-state index is 0. The number of fused-ring (bicyclic) bond motifs is 1. The molecule has 1 unspecified atom stereocenters. The van der Waals surface area contributed by atoms with E-state index in [2.05, 4.69) is 4.98 Å². The second-order valence-electron chi connectivity index (χ2n) is 9.28. The zero-order valence-corrected chi connectivity index (χ0v) is 21.4. The van der Waals surface area contributed by atoms with Crippen LogP contribution in [0, 0.1) is 0 Å². The van der Waals surface area contributed by atoms with Gasteiger partial charge in [0.25, 0.3) is 5.56 Å². The van der Waals surface area contributed by atoms with Crippen molar-refractivity contribution in [1.82, 2.24) is 4.98 Å². The Morgan fingerprint density at radius 2 is 1.87 bits per heavy atom. The van der Waals surface area contributed by atoms with Crippen LogP contribution >= 0.6 is 12.4 Å². The van der Waals surface area contributed by atoms with Crippen molar-refractivity contribution in [3.8, 4) is 11.3 Å². The van der Waals surface area contributed by atoms with Crippen LogP contribution in [0.15, 0.2) is 53.3 Å². The van der Waals surface area contributed by atoms with Crippen LogP contribution in [0.3, 0.4) is 0 Å². The fraction of sp³-hybridized carbons (Fsp3) is 0.346. The molecule has 3 N–H and O–H groups in total. The van der Waals surface area contributed by atoms with E-state index in [1.807, 2.05) is 0 Å². The number of carbonyl (C=O) groups is 2. The van der Waals surface area contributed by atoms with Crippen LogP contribution in [0.1, 0.15) is 32.3 Å². The molecule has 2 aromatic carbocycles. The van der Waals surface area contributed by atoms with Gasteiger partial charge in [0.1, 0.15) is 5.60 Å². The number of carbonyl (C=O) groups excluding carboxylic acids is 2. The van der Waals surface area contributed by atoms with Gasteiger partial charge in [0.2, 0.25) is 0 Å². The van der Waals surface area contributed by atoms with Gasteiger partial charge >= 0.3 is 18.2 Å². The molecule has 12 heteroatoms. The number of hydrogen-bond donors (Lipinski definition) is 2. The summed E-state index contributed by atoms with van der Waals surface area (Å²) in [5.74, 6) is -0.454. The highest BCUT2D eigenvalue weighted by molar-refractivity contribution is 5.95. The molecule has 0 aliphatic carbocycles. The van der Waals surface area contributed by atoms with Gasteiger partial charge in [-0.05, 0) is 56.5 Å². The number of ether oxygens (including phenoxy) is 2. The molecule has 1 amide bonds. The Morgan fingerprint density at radius 3 is 2.55 bits per heavy atom. The van der Waals surface area contributed by atoms with Gasteiger partial charge in [-0.3, -0.25) is 14.5 Å². The van der Waals surface area contributed by atoms with E-state index < -0.39 is 41.1 Å². The Hall–Kier alpha value is -3.57. The van der Waals surface area contributed by atoms with E-state index in [4.69, 9.17) is 15.2 Å². The molecule has 38 heavy (non-hydrogen) atoms. The summed E-state index contributed by atoms with van der Waals surface area (Å²) < 4.78 is 51.4. The largest absolute Gasteiger partial charge is 0.456 e. The predicted molar refractivity (Wildman–Crippen MR) is 138 cm³/mol. The molecule has 0 radical (unpaired) electrons. The van der Waals surface area contributed by atoms with Crippen LogP contribution in [0.2, 0.25) is 0 Å². The first kappa shape index (κ1) is 29.0. The van der Waals surface area contributed by atoms with Gasteiger partial charge < -0.3 is 20.2 Å². The summed E-state index contributed by atoms with van der Waals surface area (Å²) in [5.41, 5.74) is 3.09. The first-order valence-corrected chi connectivity index (χ1v) is 11.6. The maximum Gasteiger partial charge on any atom is 0.417 e. The van der Waals surface area contributed by atoms with Crippen molar-refractivity contribution < 1.29 is 32.2 Å². The summed E-state index contributed by atoms with van der Waals surface area (Å²) in [6.45, 7) is 3.69. The van der Waals surface area contributed by atoms with Gasteiger partial charge in [0.15, 0.2) is 6.10 Å². The van der Waals surface area contributed by atoms with E-state index >= 15 is 0 Å². The number of cyclic esters (lactones) is 1. The lowest BCUT2D eigenvalue weighted by Crippen LogP contribution is -2.43. The lowest BCUT2D eigenvalue weighted by atomic mass is 10.0. The molecule has 0 saturated carbocycles. The smallest absolute Gasteiger partial charge is 0.417 e. The van der Waals surface area contributed by atoms with Crippen LogP contribution in [0.5, 0.6) is 0 Å². The Labute approximate surface area is 222 Å². The van der Waals surface area contributed by atoms with Gasteiger partial charge in [-0.1, -0.05) is 24.3 Å². The summed E-state index contributed by atoms with van der Waals surface area (Å²) in [5, 5.41) is 0.590. The molecule has 0 bridgehead atoms. The van der Waals surface area contributed by atoms with Crippen molar-refractivity contribution in [1.29, 1.82) is 0 Å². The van der Waals surface area contributed by atoms with Crippen molar-refractivity contribution in [2.24, 2.45) is 5.73 Å². The maximum absolute atomic E-state index is 13.5. The zero-order valence-electron chi connectivity index (χ0n) is 20.6. The fourth-order valence-electron chi connectivity index (χ4n) is 4.22. The highest BCUT2D eigenvalue weighted by Crippen LogP contribution is 2.37. The third-order valence-corrected chi connectivity index (χ3v) is 6.21. The number of nitrogens with zero attached hydrogens (tertiary/aromatic N) is 1. The van der Waals surface area contributed by atoms with Crippen LogP contribution in [-0.4, -0.2) is 41.8 Å². The number of esters is 1. The number of benzene rings is 2. The van der Waals surface area contributed by atoms with Crippen LogP contribution in [0.25, 0.3) is 22.0 Å². The lowest BCUT2D eigenvalue weighted by molar-refractivity contribution is -0.165. The highest BCUT2D eigenvalue weighted by Gasteiger charge is 2.44. The zero-order chi connectivity index (χ0) is 27.0. The van der Waals surface area contributed by atoms with Crippen molar-refractivity contribution in [3.05, 3.63) is 64.4 Å². The molecule has 1 saturated heterocycles. The third-order valence-electron chi connectivity index (χ3n) is 6.21. The quantitative estimate of drug-likeness (QED) is 0.397. The minimum Gasteiger partial charge on any atom is -0.456 e. The minimum atomic E-state index is -4.59. The normalized spacial score (nSPS) is 15.8. The van der Waals surface area contributed by atoms with E-state index in [9.17, 15) is 27.6 Å². The average Bonchev–Trinajstić information content (AvgIpc) is 3.24. The standard InChI is InChI=1S/C26H26F3N3O5.ClH/c1-25(2,37-22(33)8-5-11-30)21-14-32(24(35)36-21)16-10-9-15-12-20(31-23(34)18(15)13-16)17-6-3-4-7-19(17)26(27,28)29;/h3-4,6-7,9-10,12-13,21H,5,8,11,14,30H2,1-2H3,(H,31,34);1H. The number of pyridine rings is 1. The van der Waals surface area contributed by atoms with Gasteiger partial charge in [0, 0.05) is 28.8 Å². The topological polar surface area (TPSA) is 115 Å². The molecule has 1 aliphatic heterocycles. The molecule has 0 spiro atoms. The van der Waals surface area contributed by atoms with E-state index in [1.54, 1.807) is 26.0 Å². The number of H-pyrrole nitrogens is 1. The molecule has 1 aliphatic rings. The summed E-state index contributed by atoms with van der Waals surface area (Å²) in [6.07, 6.45) is -5.42. The molecule has 2 heterocycles. The average molecular weight is 554 g/mol. The van der Waals surface area contributed by atoms with Crippen LogP contribution in [0.4, 0.5) is 23.7 Å². The molecule has 4 rings (SSSR count). The Balaban J connectivity index is 0.00000400. The number of anilines is 1. The third kappa shape index (κ3) is 5.94. The first-order chi connectivity index (χ1) is 17.4. The number of amides is 1. The van der Waals surface area contributed by atoms with Crippen molar-refractivity contribution in [2.45, 2.75) is 44.6 Å². The molecule has 1 aromatic heterocycles. The van der Waals surface area contributed by atoms with Crippen molar-refractivity contribution >= 4 is 40.9 Å². The van der Waals surface area contributed by atoms with E-state index in [0.717, 1.165) is 6.07 Å². The van der Waals surface area contributed by atoms with E-state index in [-0.39, 0.29) is 42.0 Å². The number of aromatic nitrogens is 1. The summed E-state index contributed by atoms with van der Waals surface area (Å²) in [6, 6.07) is 11.0. The Morgan fingerprint density at radius 1 is 1.16 bits per heavy atom. The van der Waals surface area contributed by atoms with E-state index in [1.165, 1.54) is 35.2 Å². The molecule has 3 aromatic rings. The molecular formula is C26H27ClF3N3O5. The second-order valence-corrected chi connectivity index (χ2v) is 9.28. The van der Waals surface area contributed by atoms with E-state index in [0.29, 0.717) is 24.0 Å². The number of nitrogens with two attached hydrogens (primary N) is 1. The highest BCUT2D eigenvalue weighted by atomic mass is 35.5. The number of nitrogens with one attached hydrogen (secondary N) is 1. The molecule has 8 nitrogen and oxygen atoms in total. The molecule has 1 atom stereocenters. The summed E-state index contributed by atoms with van der Waals surface area (Å²) in [4.78, 5) is 41.4. The second kappa shape index (κ2) is 11.0. The summed E-state index contributed by atoms with van der Waals surface area (Å²) >= 11 is 0. The molecule has 1 fully saturated rings. The lowest BCUT2D eigenvalue weighted by Gasteiger charge is -2.29. The van der Waals surface area contributed by atoms with Gasteiger partial charge in [-0.15, -0.1) is 12.4 Å². The Bertz CT molecular complexity index is 1410. The monoisotopic (exact) mass is 553 g/mol. The SMILES string of the molecule is CC(C)(OC(=O)CCCN)C1CN(c2ccc3cc(-c4ccccc4C(F)(F)F)[nH]c(=O)c3c2)C(=O)O1.Cl. The number of rotatable bonds is 7. The predicted octanol–water partition coefficient (Wildman–Crippen LogP) is 5.02. The summed E-state index contributed by atoms with van der Waals surface area (Å²) in [7, 11) is 0. The van der Waals surface area contributed by atoms with Gasteiger partial charge in [0.05, 0.1) is 12.1 Å². The number of hydrogen-bond acceptors (Lipinski definition) is 6. The van der Waals surface area contributed by atoms with Gasteiger partial charge in [-0.2, -0.15) is 13.2 Å². The van der Waals surface area contributed by atoms with Crippen molar-refractivity contribution in [3.63, 3.8) is 0 Å². The molecular weight excluding hydrogens is 527 g/mol. The Kier molecular flexibility index (Phi) is 8.42. The van der Waals surface area contributed by atoms with Gasteiger partial charge in [-0.25, -0.2) is 4.79 Å². The van der Waals surface area contributed by atoms with Crippen LogP contribution < -0.4 is 16.2 Å². The molecule has 204 valence electrons.